The van der Waals surface area contributed by atoms with Gasteiger partial charge in [0.15, 0.2) is 5.69 Å². The number of carbonyl (C=O) groups excluding carboxylic acids is 1. The van der Waals surface area contributed by atoms with Crippen LogP contribution < -0.4 is 10.1 Å². The highest BCUT2D eigenvalue weighted by Gasteiger charge is 2.22. The molecule has 0 aliphatic heterocycles. The first kappa shape index (κ1) is 19.0. The molecule has 25 heavy (non-hydrogen) atoms. The molecule has 0 saturated heterocycles. The number of rotatable bonds is 6. The molecule has 136 valence electrons. The van der Waals surface area contributed by atoms with Crippen LogP contribution in [0.2, 0.25) is 0 Å². The number of ether oxygens (including phenoxy) is 1. The summed E-state index contributed by atoms with van der Waals surface area (Å²) in [6.07, 6.45) is 0.688. The number of carbonyl (C=O) groups is 1. The third-order valence-corrected chi connectivity index (χ3v) is 3.85. The van der Waals surface area contributed by atoms with E-state index in [1.54, 1.807) is 17.9 Å². The average Bonchev–Trinajstić information content (AvgIpc) is 2.95. The second-order valence-corrected chi connectivity index (χ2v) is 7.40. The standard InChI is InChI=1S/C19H27N3O3/c1-13-10-17(18(24)20-14(12-23)11-19(2,3)4)21-22(13)15-6-8-16(25-5)9-7-15/h6-10,14,23H,11-12H2,1-5H3,(H,20,24). The highest BCUT2D eigenvalue weighted by molar-refractivity contribution is 5.92. The molecule has 1 heterocycles. The van der Waals surface area contributed by atoms with E-state index in [0.717, 1.165) is 17.1 Å². The van der Waals surface area contributed by atoms with Gasteiger partial charge in [-0.2, -0.15) is 5.10 Å². The van der Waals surface area contributed by atoms with E-state index in [4.69, 9.17) is 4.74 Å². The van der Waals surface area contributed by atoms with E-state index >= 15 is 0 Å². The molecule has 0 spiro atoms. The molecule has 1 amide bonds. The largest absolute Gasteiger partial charge is 0.497 e. The fourth-order valence-electron chi connectivity index (χ4n) is 2.73. The Balaban J connectivity index is 2.16. The molecule has 0 fully saturated rings. The van der Waals surface area contributed by atoms with E-state index in [1.807, 2.05) is 31.2 Å². The summed E-state index contributed by atoms with van der Waals surface area (Å²) in [5.41, 5.74) is 2.05. The molecule has 0 aliphatic rings. The van der Waals surface area contributed by atoms with E-state index in [9.17, 15) is 9.90 Å². The number of amides is 1. The molecule has 1 aromatic carbocycles. The summed E-state index contributed by atoms with van der Waals surface area (Å²) >= 11 is 0. The number of aliphatic hydroxyl groups excluding tert-OH is 1. The highest BCUT2D eigenvalue weighted by atomic mass is 16.5. The maximum Gasteiger partial charge on any atom is 0.272 e. The van der Waals surface area contributed by atoms with E-state index < -0.39 is 0 Å². The SMILES string of the molecule is COc1ccc(-n2nc(C(=O)NC(CO)CC(C)(C)C)cc2C)cc1. The first-order chi connectivity index (χ1) is 11.7. The number of nitrogens with one attached hydrogen (secondary N) is 1. The molecule has 0 bridgehead atoms. The predicted octanol–water partition coefficient (Wildman–Crippen LogP) is 2.72. The second kappa shape index (κ2) is 7.70. The third-order valence-electron chi connectivity index (χ3n) is 3.85. The van der Waals surface area contributed by atoms with Gasteiger partial charge >= 0.3 is 0 Å². The molecule has 2 aromatic rings. The quantitative estimate of drug-likeness (QED) is 0.844. The van der Waals surface area contributed by atoms with E-state index in [1.165, 1.54) is 0 Å². The Hall–Kier alpha value is -2.34. The van der Waals surface area contributed by atoms with Crippen LogP contribution in [0.3, 0.4) is 0 Å². The molecule has 1 atom stereocenters. The van der Waals surface area contributed by atoms with Crippen LogP contribution in [0, 0.1) is 12.3 Å². The number of hydrogen-bond acceptors (Lipinski definition) is 4. The smallest absolute Gasteiger partial charge is 0.272 e. The molecule has 2 N–H and O–H groups in total. The second-order valence-electron chi connectivity index (χ2n) is 7.40. The lowest BCUT2D eigenvalue weighted by molar-refractivity contribution is 0.0892. The fraction of sp³-hybridized carbons (Fsp3) is 0.474. The van der Waals surface area contributed by atoms with Crippen molar-refractivity contribution in [2.45, 2.75) is 40.2 Å². The van der Waals surface area contributed by atoms with Gasteiger partial charge in [0.1, 0.15) is 5.75 Å². The highest BCUT2D eigenvalue weighted by Crippen LogP contribution is 2.21. The third kappa shape index (κ3) is 5.06. The first-order valence-electron chi connectivity index (χ1n) is 8.36. The predicted molar refractivity (Wildman–Crippen MR) is 97.3 cm³/mol. The van der Waals surface area contributed by atoms with Gasteiger partial charge < -0.3 is 15.2 Å². The van der Waals surface area contributed by atoms with Crippen molar-refractivity contribution in [3.05, 3.63) is 41.7 Å². The van der Waals surface area contributed by atoms with E-state index in [2.05, 4.69) is 31.2 Å². The summed E-state index contributed by atoms with van der Waals surface area (Å²) in [4.78, 5) is 12.5. The maximum absolute atomic E-state index is 12.5. The lowest BCUT2D eigenvalue weighted by atomic mass is 9.88. The number of aryl methyl sites for hydroxylation is 1. The van der Waals surface area contributed by atoms with Gasteiger partial charge in [-0.05, 0) is 49.1 Å². The fourth-order valence-corrected chi connectivity index (χ4v) is 2.73. The number of aromatic nitrogens is 2. The Bertz CT molecular complexity index is 715. The zero-order valence-corrected chi connectivity index (χ0v) is 15.5. The van der Waals surface area contributed by atoms with Crippen LogP contribution in [-0.4, -0.2) is 40.6 Å². The van der Waals surface area contributed by atoms with Gasteiger partial charge in [0, 0.05) is 5.69 Å². The summed E-state index contributed by atoms with van der Waals surface area (Å²) in [7, 11) is 1.62. The van der Waals surface area contributed by atoms with Crippen molar-refractivity contribution in [3.63, 3.8) is 0 Å². The van der Waals surface area contributed by atoms with Crippen LogP contribution in [0.5, 0.6) is 5.75 Å². The van der Waals surface area contributed by atoms with Gasteiger partial charge in [-0.15, -0.1) is 0 Å². The van der Waals surface area contributed by atoms with Crippen LogP contribution in [0.4, 0.5) is 0 Å². The Morgan fingerprint density at radius 2 is 1.96 bits per heavy atom. The molecule has 2 rings (SSSR count). The summed E-state index contributed by atoms with van der Waals surface area (Å²) in [6, 6.07) is 8.92. The molecule has 0 saturated carbocycles. The minimum atomic E-state index is -0.293. The number of nitrogens with zero attached hydrogens (tertiary/aromatic N) is 2. The Morgan fingerprint density at radius 1 is 1.32 bits per heavy atom. The molecule has 1 aromatic heterocycles. The van der Waals surface area contributed by atoms with Crippen molar-refractivity contribution in [2.75, 3.05) is 13.7 Å². The monoisotopic (exact) mass is 345 g/mol. The Morgan fingerprint density at radius 3 is 2.48 bits per heavy atom. The van der Waals surface area contributed by atoms with E-state index in [0.29, 0.717) is 12.1 Å². The van der Waals surface area contributed by atoms with Crippen LogP contribution in [0.15, 0.2) is 30.3 Å². The van der Waals surface area contributed by atoms with Gasteiger partial charge in [0.2, 0.25) is 0 Å². The van der Waals surface area contributed by atoms with E-state index in [-0.39, 0.29) is 24.0 Å². The van der Waals surface area contributed by atoms with Crippen LogP contribution in [0.1, 0.15) is 43.4 Å². The molecule has 0 radical (unpaired) electrons. The minimum absolute atomic E-state index is 0.0129. The van der Waals surface area contributed by atoms with Crippen LogP contribution in [0.25, 0.3) is 5.69 Å². The zero-order chi connectivity index (χ0) is 18.6. The molecule has 6 nitrogen and oxygen atoms in total. The van der Waals surface area contributed by atoms with Gasteiger partial charge in [-0.3, -0.25) is 4.79 Å². The normalized spacial score (nSPS) is 12.7. The van der Waals surface area contributed by atoms with Gasteiger partial charge in [0.25, 0.3) is 5.91 Å². The summed E-state index contributed by atoms with van der Waals surface area (Å²) < 4.78 is 6.87. The molecular formula is C19H27N3O3. The molecular weight excluding hydrogens is 318 g/mol. The minimum Gasteiger partial charge on any atom is -0.497 e. The summed E-state index contributed by atoms with van der Waals surface area (Å²) in [6.45, 7) is 8.02. The van der Waals surface area contributed by atoms with Gasteiger partial charge in [-0.1, -0.05) is 20.8 Å². The first-order valence-corrected chi connectivity index (χ1v) is 8.36. The number of hydrogen-bond donors (Lipinski definition) is 2. The lowest BCUT2D eigenvalue weighted by Crippen LogP contribution is -2.40. The van der Waals surface area contributed by atoms with Crippen molar-refractivity contribution in [3.8, 4) is 11.4 Å². The summed E-state index contributed by atoms with van der Waals surface area (Å²) in [5.74, 6) is 0.484. The van der Waals surface area contributed by atoms with Crippen molar-refractivity contribution < 1.29 is 14.6 Å². The Labute approximate surface area is 148 Å². The van der Waals surface area contributed by atoms with Crippen LogP contribution in [-0.2, 0) is 0 Å². The van der Waals surface area contributed by atoms with Crippen molar-refractivity contribution >= 4 is 5.91 Å². The topological polar surface area (TPSA) is 76.4 Å². The number of aliphatic hydroxyl groups is 1. The molecule has 0 aliphatic carbocycles. The average molecular weight is 345 g/mol. The van der Waals surface area contributed by atoms with Crippen molar-refractivity contribution in [2.24, 2.45) is 5.41 Å². The number of benzene rings is 1. The molecule has 1 unspecified atom stereocenters. The van der Waals surface area contributed by atoms with Crippen molar-refractivity contribution in [1.29, 1.82) is 0 Å². The maximum atomic E-state index is 12.5. The molecule has 6 heteroatoms. The van der Waals surface area contributed by atoms with Gasteiger partial charge in [-0.25, -0.2) is 4.68 Å². The summed E-state index contributed by atoms with van der Waals surface area (Å²) in [5, 5.41) is 16.8. The zero-order valence-electron chi connectivity index (χ0n) is 15.5. The van der Waals surface area contributed by atoms with Crippen molar-refractivity contribution in [1.82, 2.24) is 15.1 Å². The van der Waals surface area contributed by atoms with Crippen LogP contribution >= 0.6 is 0 Å². The Kier molecular flexibility index (Phi) is 5.85. The number of methoxy groups -OCH3 is 1. The van der Waals surface area contributed by atoms with Gasteiger partial charge in [0.05, 0.1) is 25.4 Å². The lowest BCUT2D eigenvalue weighted by Gasteiger charge is -2.25.